The Hall–Kier alpha value is -0.870. The summed E-state index contributed by atoms with van der Waals surface area (Å²) >= 11 is 0. The number of nitrogens with zero attached hydrogens (tertiary/aromatic N) is 2. The standard InChI is InChI=1S/C12H23N3O/c1-3-5-15-10-14-9-12(15)8-13-7-11(2)4-6-16/h9-11,13,16H,3-8H2,1-2H3. The van der Waals surface area contributed by atoms with Crippen LogP contribution in [0.2, 0.25) is 0 Å². The second-order valence-electron chi connectivity index (χ2n) is 4.33. The van der Waals surface area contributed by atoms with Gasteiger partial charge < -0.3 is 15.0 Å². The van der Waals surface area contributed by atoms with Crippen LogP contribution in [0, 0.1) is 5.92 Å². The van der Waals surface area contributed by atoms with Gasteiger partial charge in [0.2, 0.25) is 0 Å². The van der Waals surface area contributed by atoms with Gasteiger partial charge in [0.25, 0.3) is 0 Å². The zero-order valence-corrected chi connectivity index (χ0v) is 10.3. The van der Waals surface area contributed by atoms with Gasteiger partial charge in [-0.25, -0.2) is 4.98 Å². The van der Waals surface area contributed by atoms with Crippen LogP contribution in [-0.2, 0) is 13.1 Å². The molecule has 1 rings (SSSR count). The molecule has 0 aliphatic carbocycles. The predicted molar refractivity (Wildman–Crippen MR) is 65.1 cm³/mol. The van der Waals surface area contributed by atoms with E-state index in [1.54, 1.807) is 0 Å². The molecule has 92 valence electrons. The van der Waals surface area contributed by atoms with Crippen LogP contribution in [0.4, 0.5) is 0 Å². The van der Waals surface area contributed by atoms with Crippen molar-refractivity contribution in [3.8, 4) is 0 Å². The van der Waals surface area contributed by atoms with Crippen molar-refractivity contribution < 1.29 is 5.11 Å². The fourth-order valence-corrected chi connectivity index (χ4v) is 1.71. The smallest absolute Gasteiger partial charge is 0.0948 e. The molecular weight excluding hydrogens is 202 g/mol. The van der Waals surface area contributed by atoms with E-state index in [1.807, 2.05) is 12.5 Å². The second-order valence-corrected chi connectivity index (χ2v) is 4.33. The monoisotopic (exact) mass is 225 g/mol. The van der Waals surface area contributed by atoms with E-state index in [9.17, 15) is 0 Å². The van der Waals surface area contributed by atoms with E-state index in [4.69, 9.17) is 5.11 Å². The van der Waals surface area contributed by atoms with Crippen LogP contribution in [0.5, 0.6) is 0 Å². The molecular formula is C12H23N3O. The Bertz CT molecular complexity index is 286. The van der Waals surface area contributed by atoms with Crippen molar-refractivity contribution in [1.29, 1.82) is 0 Å². The van der Waals surface area contributed by atoms with Gasteiger partial charge in [0, 0.05) is 25.9 Å². The third-order valence-electron chi connectivity index (χ3n) is 2.68. The van der Waals surface area contributed by atoms with Crippen LogP contribution in [0.1, 0.15) is 32.4 Å². The topological polar surface area (TPSA) is 50.1 Å². The van der Waals surface area contributed by atoms with Crippen molar-refractivity contribution in [2.75, 3.05) is 13.2 Å². The average molecular weight is 225 g/mol. The lowest BCUT2D eigenvalue weighted by Crippen LogP contribution is -2.22. The largest absolute Gasteiger partial charge is 0.396 e. The second kappa shape index (κ2) is 7.41. The summed E-state index contributed by atoms with van der Waals surface area (Å²) in [6, 6.07) is 0. The van der Waals surface area contributed by atoms with Crippen molar-refractivity contribution in [3.63, 3.8) is 0 Å². The van der Waals surface area contributed by atoms with Gasteiger partial charge in [-0.05, 0) is 25.3 Å². The number of aryl methyl sites for hydroxylation is 1. The van der Waals surface area contributed by atoms with Gasteiger partial charge in [-0.2, -0.15) is 0 Å². The first-order valence-electron chi connectivity index (χ1n) is 6.08. The van der Waals surface area contributed by atoms with Gasteiger partial charge in [-0.1, -0.05) is 13.8 Å². The minimum absolute atomic E-state index is 0.274. The third kappa shape index (κ3) is 4.33. The van der Waals surface area contributed by atoms with Crippen LogP contribution in [0.25, 0.3) is 0 Å². The molecule has 1 aromatic rings. The Morgan fingerprint density at radius 1 is 1.56 bits per heavy atom. The number of nitrogens with one attached hydrogen (secondary N) is 1. The highest BCUT2D eigenvalue weighted by Gasteiger charge is 2.03. The quantitative estimate of drug-likeness (QED) is 0.703. The Balaban J connectivity index is 2.28. The fraction of sp³-hybridized carbons (Fsp3) is 0.750. The zero-order chi connectivity index (χ0) is 11.8. The molecule has 0 spiro atoms. The van der Waals surface area contributed by atoms with Gasteiger partial charge >= 0.3 is 0 Å². The number of hydrogen-bond acceptors (Lipinski definition) is 3. The van der Waals surface area contributed by atoms with Gasteiger partial charge in [0.1, 0.15) is 0 Å². The summed E-state index contributed by atoms with van der Waals surface area (Å²) in [6.45, 7) is 7.42. The molecule has 0 amide bonds. The molecule has 0 bridgehead atoms. The molecule has 1 atom stereocenters. The Kier molecular flexibility index (Phi) is 6.11. The first-order valence-corrected chi connectivity index (χ1v) is 6.08. The molecule has 0 radical (unpaired) electrons. The lowest BCUT2D eigenvalue weighted by molar-refractivity contribution is 0.260. The molecule has 0 fully saturated rings. The van der Waals surface area contributed by atoms with Crippen LogP contribution in [-0.4, -0.2) is 27.8 Å². The van der Waals surface area contributed by atoms with E-state index in [-0.39, 0.29) is 6.61 Å². The minimum atomic E-state index is 0.274. The fourth-order valence-electron chi connectivity index (χ4n) is 1.71. The van der Waals surface area contributed by atoms with Crippen molar-refractivity contribution >= 4 is 0 Å². The van der Waals surface area contributed by atoms with Crippen LogP contribution in [0.15, 0.2) is 12.5 Å². The molecule has 0 aliphatic rings. The lowest BCUT2D eigenvalue weighted by Gasteiger charge is -2.12. The van der Waals surface area contributed by atoms with Crippen molar-refractivity contribution in [1.82, 2.24) is 14.9 Å². The number of aliphatic hydroxyl groups is 1. The van der Waals surface area contributed by atoms with E-state index in [2.05, 4.69) is 28.7 Å². The maximum Gasteiger partial charge on any atom is 0.0948 e. The summed E-state index contributed by atoms with van der Waals surface area (Å²) in [5.74, 6) is 0.521. The highest BCUT2D eigenvalue weighted by molar-refractivity contribution is 4.97. The Morgan fingerprint density at radius 2 is 2.38 bits per heavy atom. The highest BCUT2D eigenvalue weighted by atomic mass is 16.3. The minimum Gasteiger partial charge on any atom is -0.396 e. The number of rotatable bonds is 8. The van der Waals surface area contributed by atoms with Gasteiger partial charge in [0.15, 0.2) is 0 Å². The number of aromatic nitrogens is 2. The van der Waals surface area contributed by atoms with Gasteiger partial charge in [-0.3, -0.25) is 0 Å². The van der Waals surface area contributed by atoms with Crippen LogP contribution >= 0.6 is 0 Å². The highest BCUT2D eigenvalue weighted by Crippen LogP contribution is 2.02. The molecule has 0 aliphatic heterocycles. The molecule has 1 unspecified atom stereocenters. The predicted octanol–water partition coefficient (Wildman–Crippen LogP) is 1.40. The molecule has 0 aromatic carbocycles. The maximum atomic E-state index is 8.79. The van der Waals surface area contributed by atoms with Gasteiger partial charge in [-0.15, -0.1) is 0 Å². The van der Waals surface area contributed by atoms with Crippen molar-refractivity contribution in [2.45, 2.75) is 39.8 Å². The number of hydrogen-bond donors (Lipinski definition) is 2. The molecule has 1 heterocycles. The summed E-state index contributed by atoms with van der Waals surface area (Å²) in [5.41, 5.74) is 1.23. The van der Waals surface area contributed by atoms with E-state index in [0.717, 1.165) is 32.5 Å². The SMILES string of the molecule is CCCn1cncc1CNCC(C)CCO. The molecule has 0 saturated heterocycles. The van der Waals surface area contributed by atoms with Gasteiger partial charge in [0.05, 0.1) is 12.0 Å². The number of aliphatic hydroxyl groups excluding tert-OH is 1. The molecule has 2 N–H and O–H groups in total. The van der Waals surface area contributed by atoms with E-state index >= 15 is 0 Å². The lowest BCUT2D eigenvalue weighted by atomic mass is 10.1. The number of imidazole rings is 1. The van der Waals surface area contributed by atoms with Crippen LogP contribution < -0.4 is 5.32 Å². The third-order valence-corrected chi connectivity index (χ3v) is 2.68. The summed E-state index contributed by atoms with van der Waals surface area (Å²) in [5, 5.41) is 12.2. The normalized spacial score (nSPS) is 12.9. The van der Waals surface area contributed by atoms with Crippen molar-refractivity contribution in [3.05, 3.63) is 18.2 Å². The maximum absolute atomic E-state index is 8.79. The summed E-state index contributed by atoms with van der Waals surface area (Å²) in [6.07, 6.45) is 5.79. The van der Waals surface area contributed by atoms with E-state index in [0.29, 0.717) is 5.92 Å². The summed E-state index contributed by atoms with van der Waals surface area (Å²) in [7, 11) is 0. The average Bonchev–Trinajstić information content (AvgIpc) is 2.67. The summed E-state index contributed by atoms with van der Waals surface area (Å²) in [4.78, 5) is 4.16. The summed E-state index contributed by atoms with van der Waals surface area (Å²) < 4.78 is 2.18. The van der Waals surface area contributed by atoms with E-state index in [1.165, 1.54) is 5.69 Å². The molecule has 4 heteroatoms. The molecule has 1 aromatic heterocycles. The van der Waals surface area contributed by atoms with Crippen molar-refractivity contribution in [2.24, 2.45) is 5.92 Å². The Morgan fingerprint density at radius 3 is 3.06 bits per heavy atom. The zero-order valence-electron chi connectivity index (χ0n) is 10.3. The van der Waals surface area contributed by atoms with E-state index < -0.39 is 0 Å². The van der Waals surface area contributed by atoms with Crippen LogP contribution in [0.3, 0.4) is 0 Å². The molecule has 16 heavy (non-hydrogen) atoms. The molecule has 0 saturated carbocycles. The first kappa shape index (κ1) is 13.2. The Labute approximate surface area is 97.7 Å². The molecule has 4 nitrogen and oxygen atoms in total. The first-order chi connectivity index (χ1) is 7.77.